The minimum Gasteiger partial charge on any atom is -0.331 e. The Labute approximate surface area is 96.7 Å². The van der Waals surface area contributed by atoms with Gasteiger partial charge in [0, 0.05) is 12.8 Å². The van der Waals surface area contributed by atoms with Gasteiger partial charge in [-0.1, -0.05) is 27.7 Å². The molecule has 0 spiro atoms. The Bertz CT molecular complexity index is 216. The third kappa shape index (κ3) is 7.96. The molecular formula is C11H21NO4. The number of nitrogens with zero attached hydrogens (tertiary/aromatic N) is 1. The summed E-state index contributed by atoms with van der Waals surface area (Å²) in [6.45, 7) is 7.61. The van der Waals surface area contributed by atoms with Crippen molar-refractivity contribution in [1.82, 2.24) is 5.06 Å². The molecule has 5 heteroatoms. The van der Waals surface area contributed by atoms with Gasteiger partial charge in [-0.05, 0) is 12.8 Å². The molecule has 0 heterocycles. The minimum absolute atomic E-state index is 0.193. The summed E-state index contributed by atoms with van der Waals surface area (Å²) in [7, 11) is 0. The molecule has 0 aliphatic carbocycles. The Hall–Kier alpha value is -1.39. The van der Waals surface area contributed by atoms with E-state index in [4.69, 9.17) is 0 Å². The SMILES string of the molecule is CC.CCCC(=O)ON(C=O)C(=O)CCC. The van der Waals surface area contributed by atoms with E-state index in [-0.39, 0.29) is 19.3 Å². The molecule has 94 valence electrons. The number of hydrogen-bond donors (Lipinski definition) is 0. The van der Waals surface area contributed by atoms with Crippen molar-refractivity contribution in [1.29, 1.82) is 0 Å². The molecule has 0 saturated heterocycles. The van der Waals surface area contributed by atoms with Crippen LogP contribution in [0.4, 0.5) is 0 Å². The lowest BCUT2D eigenvalue weighted by Gasteiger charge is -2.13. The maximum Gasteiger partial charge on any atom is 0.333 e. The maximum absolute atomic E-state index is 11.1. The number of carbonyl (C=O) groups excluding carboxylic acids is 3. The highest BCUT2D eigenvalue weighted by Gasteiger charge is 2.16. The van der Waals surface area contributed by atoms with Crippen molar-refractivity contribution in [2.45, 2.75) is 53.4 Å². The van der Waals surface area contributed by atoms with Gasteiger partial charge in [-0.15, -0.1) is 5.06 Å². The van der Waals surface area contributed by atoms with Gasteiger partial charge < -0.3 is 4.84 Å². The van der Waals surface area contributed by atoms with E-state index >= 15 is 0 Å². The molecule has 5 nitrogen and oxygen atoms in total. The van der Waals surface area contributed by atoms with Crippen molar-refractivity contribution in [3.05, 3.63) is 0 Å². The van der Waals surface area contributed by atoms with Crippen LogP contribution in [0.5, 0.6) is 0 Å². The van der Waals surface area contributed by atoms with E-state index in [2.05, 4.69) is 4.84 Å². The molecule has 0 fully saturated rings. The Balaban J connectivity index is 0. The summed E-state index contributed by atoms with van der Waals surface area (Å²) in [6.07, 6.45) is 1.83. The summed E-state index contributed by atoms with van der Waals surface area (Å²) in [5, 5.41) is 0.460. The highest BCUT2D eigenvalue weighted by atomic mass is 16.7. The summed E-state index contributed by atoms with van der Waals surface area (Å²) in [5.41, 5.74) is 0. The van der Waals surface area contributed by atoms with Crippen LogP contribution < -0.4 is 0 Å². The summed E-state index contributed by atoms with van der Waals surface area (Å²) in [6, 6.07) is 0. The number of amides is 2. The molecule has 0 aromatic heterocycles. The fourth-order valence-corrected chi connectivity index (χ4v) is 0.815. The molecule has 2 amide bonds. The molecule has 0 atom stereocenters. The topological polar surface area (TPSA) is 63.7 Å². The molecule has 0 aromatic rings. The van der Waals surface area contributed by atoms with E-state index in [0.29, 0.717) is 17.9 Å². The van der Waals surface area contributed by atoms with Crippen LogP contribution in [-0.4, -0.2) is 23.3 Å². The van der Waals surface area contributed by atoms with Crippen molar-refractivity contribution in [3.63, 3.8) is 0 Å². The molecule has 0 unspecified atom stereocenters. The van der Waals surface area contributed by atoms with Crippen molar-refractivity contribution in [3.8, 4) is 0 Å². The zero-order chi connectivity index (χ0) is 13.0. The average Bonchev–Trinajstić information content (AvgIpc) is 2.29. The predicted octanol–water partition coefficient (Wildman–Crippen LogP) is 2.06. The van der Waals surface area contributed by atoms with Gasteiger partial charge in [-0.2, -0.15) is 0 Å². The summed E-state index contributed by atoms with van der Waals surface area (Å²) in [4.78, 5) is 37.0. The maximum atomic E-state index is 11.1. The standard InChI is InChI=1S/C9H15NO4.C2H6/c1-3-5-8(12)10(7-11)14-9(13)6-4-2;1-2/h7H,3-6H2,1-2H3;1-2H3. The molecular weight excluding hydrogens is 210 g/mol. The van der Waals surface area contributed by atoms with Crippen LogP contribution in [-0.2, 0) is 19.2 Å². The van der Waals surface area contributed by atoms with E-state index < -0.39 is 11.9 Å². The van der Waals surface area contributed by atoms with Crippen LogP contribution in [0.2, 0.25) is 0 Å². The third-order valence-corrected chi connectivity index (χ3v) is 1.46. The molecule has 0 aromatic carbocycles. The Kier molecular flexibility index (Phi) is 12.4. The second-order valence-electron chi connectivity index (χ2n) is 2.79. The number of rotatable bonds is 5. The number of hydrogen-bond acceptors (Lipinski definition) is 4. The van der Waals surface area contributed by atoms with Crippen LogP contribution in [0.15, 0.2) is 0 Å². The Morgan fingerprint density at radius 2 is 1.62 bits per heavy atom. The average molecular weight is 231 g/mol. The van der Waals surface area contributed by atoms with Gasteiger partial charge in [0.15, 0.2) is 0 Å². The monoisotopic (exact) mass is 231 g/mol. The van der Waals surface area contributed by atoms with Gasteiger partial charge in [0.25, 0.3) is 12.3 Å². The summed E-state index contributed by atoms with van der Waals surface area (Å²) in [5.74, 6) is -1.06. The second-order valence-corrected chi connectivity index (χ2v) is 2.79. The van der Waals surface area contributed by atoms with Crippen molar-refractivity contribution in [2.75, 3.05) is 0 Å². The fourth-order valence-electron chi connectivity index (χ4n) is 0.815. The molecule has 0 saturated carbocycles. The van der Waals surface area contributed by atoms with E-state index in [0.717, 1.165) is 0 Å². The normalized spacial score (nSPS) is 8.50. The van der Waals surface area contributed by atoms with E-state index in [1.807, 2.05) is 13.8 Å². The van der Waals surface area contributed by atoms with Crippen molar-refractivity contribution >= 4 is 18.3 Å². The molecule has 0 aliphatic heterocycles. The lowest BCUT2D eigenvalue weighted by Crippen LogP contribution is -2.32. The van der Waals surface area contributed by atoms with Crippen LogP contribution >= 0.6 is 0 Å². The molecule has 0 radical (unpaired) electrons. The fraction of sp³-hybridized carbons (Fsp3) is 0.727. The number of hydroxylamine groups is 2. The second kappa shape index (κ2) is 11.7. The first-order valence-corrected chi connectivity index (χ1v) is 5.63. The van der Waals surface area contributed by atoms with Gasteiger partial charge in [0.1, 0.15) is 0 Å². The van der Waals surface area contributed by atoms with Gasteiger partial charge in [-0.3, -0.25) is 9.59 Å². The van der Waals surface area contributed by atoms with Crippen LogP contribution in [0.3, 0.4) is 0 Å². The third-order valence-electron chi connectivity index (χ3n) is 1.46. The molecule has 0 rings (SSSR count). The first-order valence-electron chi connectivity index (χ1n) is 5.63. The Morgan fingerprint density at radius 3 is 2.00 bits per heavy atom. The van der Waals surface area contributed by atoms with E-state index in [1.165, 1.54) is 0 Å². The van der Waals surface area contributed by atoms with Crippen molar-refractivity contribution in [2.24, 2.45) is 0 Å². The molecule has 0 aliphatic rings. The van der Waals surface area contributed by atoms with Crippen molar-refractivity contribution < 1.29 is 19.2 Å². The van der Waals surface area contributed by atoms with Gasteiger partial charge in [-0.25, -0.2) is 4.79 Å². The molecule has 0 N–H and O–H groups in total. The summed E-state index contributed by atoms with van der Waals surface area (Å²) < 4.78 is 0. The van der Waals surface area contributed by atoms with Crippen LogP contribution in [0.25, 0.3) is 0 Å². The molecule has 16 heavy (non-hydrogen) atoms. The van der Waals surface area contributed by atoms with Crippen LogP contribution in [0, 0.1) is 0 Å². The lowest BCUT2D eigenvalue weighted by molar-refractivity contribution is -0.196. The number of imide groups is 1. The molecule has 0 bridgehead atoms. The van der Waals surface area contributed by atoms with Gasteiger partial charge in [0.05, 0.1) is 0 Å². The predicted molar refractivity (Wildman–Crippen MR) is 60.2 cm³/mol. The first-order chi connectivity index (χ1) is 7.65. The lowest BCUT2D eigenvalue weighted by atomic mass is 10.3. The highest BCUT2D eigenvalue weighted by molar-refractivity contribution is 5.86. The van der Waals surface area contributed by atoms with Crippen LogP contribution in [0.1, 0.15) is 53.4 Å². The van der Waals surface area contributed by atoms with Gasteiger partial charge >= 0.3 is 5.97 Å². The quantitative estimate of drug-likeness (QED) is 0.536. The Morgan fingerprint density at radius 1 is 1.12 bits per heavy atom. The highest BCUT2D eigenvalue weighted by Crippen LogP contribution is 1.99. The zero-order valence-electron chi connectivity index (χ0n) is 10.5. The van der Waals surface area contributed by atoms with E-state index in [9.17, 15) is 14.4 Å². The first kappa shape index (κ1) is 17.0. The summed E-state index contributed by atoms with van der Waals surface area (Å²) >= 11 is 0. The largest absolute Gasteiger partial charge is 0.333 e. The smallest absolute Gasteiger partial charge is 0.331 e. The zero-order valence-corrected chi connectivity index (χ0v) is 10.5. The minimum atomic E-state index is -0.566. The number of carbonyl (C=O) groups is 3. The van der Waals surface area contributed by atoms with E-state index in [1.54, 1.807) is 13.8 Å². The van der Waals surface area contributed by atoms with Gasteiger partial charge in [0.2, 0.25) is 0 Å².